The number of benzene rings is 3. The summed E-state index contributed by atoms with van der Waals surface area (Å²) in [5.41, 5.74) is 4.25. The van der Waals surface area contributed by atoms with Gasteiger partial charge in [0.2, 0.25) is 10.0 Å². The molecule has 1 saturated heterocycles. The van der Waals surface area contributed by atoms with E-state index in [2.05, 4.69) is 37.8 Å². The summed E-state index contributed by atoms with van der Waals surface area (Å²) >= 11 is 0. The van der Waals surface area contributed by atoms with Crippen molar-refractivity contribution in [3.63, 3.8) is 0 Å². The summed E-state index contributed by atoms with van der Waals surface area (Å²) in [5.74, 6) is 1.88. The van der Waals surface area contributed by atoms with Crippen LogP contribution in [0.5, 0.6) is 0 Å². The van der Waals surface area contributed by atoms with Gasteiger partial charge >= 0.3 is 0 Å². The number of hydrogen-bond acceptors (Lipinski definition) is 5. The van der Waals surface area contributed by atoms with Gasteiger partial charge in [0.25, 0.3) is 0 Å². The zero-order valence-electron chi connectivity index (χ0n) is 21.3. The van der Waals surface area contributed by atoms with Gasteiger partial charge in [0.1, 0.15) is 5.82 Å². The smallest absolute Gasteiger partial charge is 0.243 e. The molecule has 0 spiro atoms. The summed E-state index contributed by atoms with van der Waals surface area (Å²) in [5, 5.41) is 1.96. The van der Waals surface area contributed by atoms with Gasteiger partial charge in [-0.2, -0.15) is 4.31 Å². The van der Waals surface area contributed by atoms with Crippen molar-refractivity contribution in [1.29, 1.82) is 0 Å². The molecule has 3 aromatic carbocycles. The van der Waals surface area contributed by atoms with Gasteiger partial charge in [-0.15, -0.1) is 0 Å². The molecule has 4 aromatic rings. The second-order valence-electron chi connectivity index (χ2n) is 9.79. The Morgan fingerprint density at radius 2 is 1.53 bits per heavy atom. The minimum absolute atomic E-state index is 0.255. The van der Waals surface area contributed by atoms with Crippen molar-refractivity contribution in [2.24, 2.45) is 0 Å². The van der Waals surface area contributed by atoms with Crippen molar-refractivity contribution in [3.05, 3.63) is 83.6 Å². The van der Waals surface area contributed by atoms with Crippen molar-refractivity contribution in [3.8, 4) is 11.4 Å². The van der Waals surface area contributed by atoms with Crippen LogP contribution in [0.2, 0.25) is 0 Å². The minimum Gasteiger partial charge on any atom is -0.354 e. The lowest BCUT2D eigenvalue weighted by molar-refractivity contribution is 0.383. The topological polar surface area (TPSA) is 66.4 Å². The predicted octanol–water partition coefficient (Wildman–Crippen LogP) is 5.55. The lowest BCUT2D eigenvalue weighted by Gasteiger charge is -2.36. The Morgan fingerprint density at radius 3 is 2.22 bits per heavy atom. The van der Waals surface area contributed by atoms with Gasteiger partial charge in [-0.25, -0.2) is 18.4 Å². The van der Waals surface area contributed by atoms with E-state index in [-0.39, 0.29) is 5.92 Å². The molecule has 7 heteroatoms. The van der Waals surface area contributed by atoms with Gasteiger partial charge < -0.3 is 4.90 Å². The van der Waals surface area contributed by atoms with Crippen molar-refractivity contribution >= 4 is 26.6 Å². The summed E-state index contributed by atoms with van der Waals surface area (Å²) in [6.07, 6.45) is 0. The highest BCUT2D eigenvalue weighted by molar-refractivity contribution is 7.89. The van der Waals surface area contributed by atoms with Crippen LogP contribution in [0.4, 0.5) is 5.82 Å². The zero-order chi connectivity index (χ0) is 25.4. The summed E-state index contributed by atoms with van der Waals surface area (Å²) in [6, 6.07) is 21.4. The molecule has 0 amide bonds. The fraction of sp³-hybridized carbons (Fsp3) is 0.310. The molecule has 1 aromatic heterocycles. The van der Waals surface area contributed by atoms with Crippen LogP contribution in [-0.4, -0.2) is 48.9 Å². The Balaban J connectivity index is 1.42. The third-order valence-corrected chi connectivity index (χ3v) is 8.76. The molecule has 0 aliphatic carbocycles. The molecule has 2 heterocycles. The number of anilines is 1. The van der Waals surface area contributed by atoms with Gasteiger partial charge in [0.05, 0.1) is 4.90 Å². The third kappa shape index (κ3) is 4.61. The van der Waals surface area contributed by atoms with Gasteiger partial charge in [0.15, 0.2) is 5.82 Å². The van der Waals surface area contributed by atoms with Crippen LogP contribution < -0.4 is 4.90 Å². The van der Waals surface area contributed by atoms with Crippen LogP contribution in [-0.2, 0) is 10.0 Å². The monoisotopic (exact) mass is 500 g/mol. The number of sulfonamides is 1. The number of piperazine rings is 1. The van der Waals surface area contributed by atoms with E-state index >= 15 is 0 Å². The Bertz CT molecular complexity index is 1520. The molecule has 186 valence electrons. The second-order valence-corrected chi connectivity index (χ2v) is 11.7. The van der Waals surface area contributed by atoms with Gasteiger partial charge in [-0.05, 0) is 48.7 Å². The molecule has 0 atom stereocenters. The van der Waals surface area contributed by atoms with Gasteiger partial charge in [0, 0.05) is 43.0 Å². The highest BCUT2D eigenvalue weighted by Crippen LogP contribution is 2.32. The average Bonchev–Trinajstić information content (AvgIpc) is 2.87. The van der Waals surface area contributed by atoms with E-state index in [0.717, 1.165) is 39.0 Å². The number of fused-ring (bicyclic) bond motifs is 1. The number of nitrogens with zero attached hydrogens (tertiary/aromatic N) is 4. The van der Waals surface area contributed by atoms with E-state index in [0.29, 0.717) is 36.9 Å². The van der Waals surface area contributed by atoms with E-state index in [1.54, 1.807) is 16.4 Å². The fourth-order valence-electron chi connectivity index (χ4n) is 5.01. The van der Waals surface area contributed by atoms with E-state index in [4.69, 9.17) is 9.97 Å². The maximum absolute atomic E-state index is 13.5. The normalized spacial score (nSPS) is 15.1. The standard InChI is InChI=1S/C29H32N4O2S/c1-20(2)27-22(4)30-28(25-11-7-8-21(3)18-25)31-29(27)32-14-16-33(17-15-32)36(34,35)26-13-12-23-9-5-6-10-24(23)19-26/h5-13,18-20H,14-17H2,1-4H3. The van der Waals surface area contributed by atoms with Crippen LogP contribution in [0.1, 0.15) is 36.6 Å². The lowest BCUT2D eigenvalue weighted by Crippen LogP contribution is -2.49. The zero-order valence-corrected chi connectivity index (χ0v) is 22.1. The minimum atomic E-state index is -3.58. The van der Waals surface area contributed by atoms with Crippen molar-refractivity contribution in [1.82, 2.24) is 14.3 Å². The summed E-state index contributed by atoms with van der Waals surface area (Å²) < 4.78 is 28.5. The molecule has 0 bridgehead atoms. The molecule has 36 heavy (non-hydrogen) atoms. The number of aryl methyl sites for hydroxylation is 2. The molecule has 1 fully saturated rings. The van der Waals surface area contributed by atoms with Crippen LogP contribution in [0.15, 0.2) is 71.6 Å². The van der Waals surface area contributed by atoms with Crippen molar-refractivity contribution in [2.75, 3.05) is 31.1 Å². The maximum atomic E-state index is 13.5. The second kappa shape index (κ2) is 9.64. The third-order valence-electron chi connectivity index (χ3n) is 6.87. The molecule has 0 N–H and O–H groups in total. The average molecular weight is 501 g/mol. The number of rotatable bonds is 5. The maximum Gasteiger partial charge on any atom is 0.243 e. The number of hydrogen-bond donors (Lipinski definition) is 0. The highest BCUT2D eigenvalue weighted by atomic mass is 32.2. The summed E-state index contributed by atoms with van der Waals surface area (Å²) in [4.78, 5) is 12.4. The van der Waals surface area contributed by atoms with E-state index in [1.165, 1.54) is 0 Å². The first-order valence-electron chi connectivity index (χ1n) is 12.4. The number of aromatic nitrogens is 2. The molecular formula is C29H32N4O2S. The van der Waals surface area contributed by atoms with E-state index < -0.39 is 10.0 Å². The first-order valence-corrected chi connectivity index (χ1v) is 13.9. The molecule has 5 rings (SSSR count). The quantitative estimate of drug-likeness (QED) is 0.360. The first kappa shape index (κ1) is 24.4. The Morgan fingerprint density at radius 1 is 0.806 bits per heavy atom. The lowest BCUT2D eigenvalue weighted by atomic mass is 10.0. The summed E-state index contributed by atoms with van der Waals surface area (Å²) in [6.45, 7) is 10.4. The molecule has 0 radical (unpaired) electrons. The van der Waals surface area contributed by atoms with E-state index in [1.807, 2.05) is 49.4 Å². The Hall–Kier alpha value is -3.29. The van der Waals surface area contributed by atoms with Crippen molar-refractivity contribution < 1.29 is 8.42 Å². The van der Waals surface area contributed by atoms with Crippen molar-refractivity contribution in [2.45, 2.75) is 38.5 Å². The highest BCUT2D eigenvalue weighted by Gasteiger charge is 2.31. The van der Waals surface area contributed by atoms with Crippen LogP contribution >= 0.6 is 0 Å². The molecular weight excluding hydrogens is 468 g/mol. The van der Waals surface area contributed by atoms with Crippen LogP contribution in [0.3, 0.4) is 0 Å². The largest absolute Gasteiger partial charge is 0.354 e. The van der Waals surface area contributed by atoms with Gasteiger partial charge in [-0.3, -0.25) is 0 Å². The summed E-state index contributed by atoms with van der Waals surface area (Å²) in [7, 11) is -3.58. The molecule has 0 saturated carbocycles. The Kier molecular flexibility index (Phi) is 6.53. The van der Waals surface area contributed by atoms with E-state index in [9.17, 15) is 8.42 Å². The van der Waals surface area contributed by atoms with Gasteiger partial charge in [-0.1, -0.05) is 67.9 Å². The molecule has 0 unspecified atom stereocenters. The first-order chi connectivity index (χ1) is 17.2. The molecule has 1 aliphatic rings. The van der Waals surface area contributed by atoms with Crippen LogP contribution in [0, 0.1) is 13.8 Å². The predicted molar refractivity (Wildman–Crippen MR) is 146 cm³/mol. The molecule has 6 nitrogen and oxygen atoms in total. The fourth-order valence-corrected chi connectivity index (χ4v) is 6.47. The Labute approximate surface area is 213 Å². The van der Waals surface area contributed by atoms with Crippen LogP contribution in [0.25, 0.3) is 22.2 Å². The SMILES string of the molecule is Cc1cccc(-c2nc(C)c(C(C)C)c(N3CCN(S(=O)(=O)c4ccc5ccccc5c4)CC3)n2)c1. The molecule has 1 aliphatic heterocycles.